The summed E-state index contributed by atoms with van der Waals surface area (Å²) in [6.07, 6.45) is 1.83. The van der Waals surface area contributed by atoms with E-state index >= 15 is 0 Å². The Labute approximate surface area is 100 Å². The molecule has 1 aromatic carbocycles. The first-order chi connectivity index (χ1) is 7.65. The third-order valence-electron chi connectivity index (χ3n) is 2.33. The van der Waals surface area contributed by atoms with Gasteiger partial charge in [0.25, 0.3) is 0 Å². The Morgan fingerprint density at radius 1 is 1.12 bits per heavy atom. The number of thiazole rings is 1. The molecule has 0 saturated heterocycles. The lowest BCUT2D eigenvalue weighted by Gasteiger charge is -1.98. The van der Waals surface area contributed by atoms with Gasteiger partial charge in [0.1, 0.15) is 0 Å². The zero-order valence-corrected chi connectivity index (χ0v) is 10.5. The number of rotatable bonds is 0. The molecule has 0 aliphatic carbocycles. The summed E-state index contributed by atoms with van der Waals surface area (Å²) in [7, 11) is 0. The molecule has 0 aliphatic heterocycles. The van der Waals surface area contributed by atoms with Gasteiger partial charge >= 0.3 is 0 Å². The van der Waals surface area contributed by atoms with Gasteiger partial charge in [-0.2, -0.15) is 0 Å². The average molecular weight is 227 g/mol. The maximum atomic E-state index is 4.18. The van der Waals surface area contributed by atoms with Crippen LogP contribution in [-0.4, -0.2) is 4.98 Å². The van der Waals surface area contributed by atoms with Gasteiger partial charge in [-0.3, -0.25) is 0 Å². The van der Waals surface area contributed by atoms with Crippen LogP contribution in [0.4, 0.5) is 0 Å². The fourth-order valence-corrected chi connectivity index (χ4v) is 2.05. The molecule has 2 heteroatoms. The van der Waals surface area contributed by atoms with Crippen LogP contribution in [0.2, 0.25) is 0 Å². The van der Waals surface area contributed by atoms with Crippen molar-refractivity contribution in [2.75, 3.05) is 0 Å². The van der Waals surface area contributed by atoms with Crippen molar-refractivity contribution in [2.45, 2.75) is 20.8 Å². The largest absolute Gasteiger partial charge is 0.249 e. The first-order valence-electron chi connectivity index (χ1n) is 5.17. The van der Waals surface area contributed by atoms with Crippen LogP contribution in [-0.2, 0) is 0 Å². The Morgan fingerprint density at radius 2 is 1.94 bits per heavy atom. The summed E-state index contributed by atoms with van der Waals surface area (Å²) in [4.78, 5) is 5.21. The molecule has 1 nitrogen and oxygen atoms in total. The van der Waals surface area contributed by atoms with Gasteiger partial charge in [-0.1, -0.05) is 18.1 Å². The minimum atomic E-state index is 1.03. The number of benzene rings is 1. The van der Waals surface area contributed by atoms with E-state index in [9.17, 15) is 0 Å². The van der Waals surface area contributed by atoms with E-state index in [1.165, 1.54) is 11.1 Å². The quantitative estimate of drug-likeness (QED) is 0.628. The lowest BCUT2D eigenvalue weighted by Crippen LogP contribution is -1.83. The highest BCUT2D eigenvalue weighted by atomic mass is 32.1. The van der Waals surface area contributed by atoms with E-state index in [1.807, 2.05) is 13.1 Å². The summed E-state index contributed by atoms with van der Waals surface area (Å²) in [5, 5.41) is 1.06. The van der Waals surface area contributed by atoms with Crippen molar-refractivity contribution in [3.05, 3.63) is 51.0 Å². The van der Waals surface area contributed by atoms with Crippen LogP contribution in [0, 0.1) is 32.6 Å². The van der Waals surface area contributed by atoms with Crippen LogP contribution in [0.25, 0.3) is 0 Å². The normalized spacial score (nSPS) is 9.69. The smallest absolute Gasteiger partial charge is 0.0973 e. The molecule has 2 rings (SSSR count). The van der Waals surface area contributed by atoms with Gasteiger partial charge in [-0.25, -0.2) is 4.98 Å². The molecule has 2 aromatic rings. The Balaban J connectivity index is 2.33. The van der Waals surface area contributed by atoms with Crippen LogP contribution in [0.5, 0.6) is 0 Å². The Kier molecular flexibility index (Phi) is 3.07. The van der Waals surface area contributed by atoms with E-state index in [1.54, 1.807) is 11.3 Å². The van der Waals surface area contributed by atoms with Crippen LogP contribution in [0.3, 0.4) is 0 Å². The van der Waals surface area contributed by atoms with Crippen molar-refractivity contribution in [3.8, 4) is 11.8 Å². The summed E-state index contributed by atoms with van der Waals surface area (Å²) in [6.45, 7) is 6.16. The molecule has 0 atom stereocenters. The molecule has 0 radical (unpaired) electrons. The second-order valence-corrected chi connectivity index (χ2v) is 5.05. The van der Waals surface area contributed by atoms with Crippen LogP contribution >= 0.6 is 11.3 Å². The zero-order chi connectivity index (χ0) is 11.5. The van der Waals surface area contributed by atoms with Crippen molar-refractivity contribution >= 4 is 11.3 Å². The fraction of sp³-hybridized carbons (Fsp3) is 0.214. The van der Waals surface area contributed by atoms with Crippen LogP contribution in [0.1, 0.15) is 26.6 Å². The van der Waals surface area contributed by atoms with Gasteiger partial charge in [0.05, 0.1) is 16.1 Å². The Bertz CT molecular complexity index is 570. The van der Waals surface area contributed by atoms with Gasteiger partial charge in [-0.05, 0) is 43.9 Å². The van der Waals surface area contributed by atoms with E-state index in [0.717, 1.165) is 15.4 Å². The highest BCUT2D eigenvalue weighted by Crippen LogP contribution is 2.12. The SMILES string of the molecule is Cc1ccc(C)c(C#Cc2cnc(C)s2)c1. The topological polar surface area (TPSA) is 12.9 Å². The molecule has 0 N–H and O–H groups in total. The summed E-state index contributed by atoms with van der Waals surface area (Å²) < 4.78 is 0. The second kappa shape index (κ2) is 4.51. The van der Waals surface area contributed by atoms with Crippen molar-refractivity contribution in [1.29, 1.82) is 0 Å². The molecule has 0 unspecified atom stereocenters. The average Bonchev–Trinajstić information content (AvgIpc) is 2.66. The van der Waals surface area contributed by atoms with Crippen molar-refractivity contribution < 1.29 is 0 Å². The fourth-order valence-electron chi connectivity index (χ4n) is 1.42. The molecular weight excluding hydrogens is 214 g/mol. The van der Waals surface area contributed by atoms with E-state index in [0.29, 0.717) is 0 Å². The Morgan fingerprint density at radius 3 is 2.62 bits per heavy atom. The van der Waals surface area contributed by atoms with Gasteiger partial charge in [-0.15, -0.1) is 11.3 Å². The predicted molar refractivity (Wildman–Crippen MR) is 68.7 cm³/mol. The summed E-state index contributed by atoms with van der Waals surface area (Å²) in [5.74, 6) is 6.36. The van der Waals surface area contributed by atoms with E-state index in [4.69, 9.17) is 0 Å². The van der Waals surface area contributed by atoms with Crippen LogP contribution in [0.15, 0.2) is 24.4 Å². The number of hydrogen-bond acceptors (Lipinski definition) is 2. The Hall–Kier alpha value is -1.59. The maximum absolute atomic E-state index is 4.18. The lowest BCUT2D eigenvalue weighted by atomic mass is 10.1. The molecule has 16 heavy (non-hydrogen) atoms. The first kappa shape index (κ1) is 10.9. The third-order valence-corrected chi connectivity index (χ3v) is 3.16. The van der Waals surface area contributed by atoms with E-state index in [-0.39, 0.29) is 0 Å². The maximum Gasteiger partial charge on any atom is 0.0973 e. The zero-order valence-electron chi connectivity index (χ0n) is 9.66. The molecule has 0 spiro atoms. The molecule has 0 saturated carbocycles. The summed E-state index contributed by atoms with van der Waals surface area (Å²) >= 11 is 1.63. The highest BCUT2D eigenvalue weighted by molar-refractivity contribution is 7.12. The number of aromatic nitrogens is 1. The minimum absolute atomic E-state index is 1.03. The number of aryl methyl sites for hydroxylation is 3. The molecule has 1 heterocycles. The number of hydrogen-bond donors (Lipinski definition) is 0. The van der Waals surface area contributed by atoms with Gasteiger partial charge in [0.15, 0.2) is 0 Å². The standard InChI is InChI=1S/C14H13NS/c1-10-4-5-11(2)13(8-10)6-7-14-9-15-12(3)16-14/h4-5,8-9H,1-3H3. The molecule has 1 aromatic heterocycles. The second-order valence-electron chi connectivity index (χ2n) is 3.81. The number of nitrogens with zero attached hydrogens (tertiary/aromatic N) is 1. The third kappa shape index (κ3) is 2.50. The van der Waals surface area contributed by atoms with Gasteiger partial charge in [0, 0.05) is 5.56 Å². The predicted octanol–water partition coefficient (Wildman–Crippen LogP) is 3.47. The van der Waals surface area contributed by atoms with Crippen LogP contribution < -0.4 is 0 Å². The van der Waals surface area contributed by atoms with Gasteiger partial charge < -0.3 is 0 Å². The molecule has 80 valence electrons. The summed E-state index contributed by atoms with van der Waals surface area (Å²) in [6, 6.07) is 6.34. The van der Waals surface area contributed by atoms with Crippen molar-refractivity contribution in [2.24, 2.45) is 0 Å². The van der Waals surface area contributed by atoms with E-state index < -0.39 is 0 Å². The van der Waals surface area contributed by atoms with Crippen molar-refractivity contribution in [1.82, 2.24) is 4.98 Å². The molecule has 0 bridgehead atoms. The van der Waals surface area contributed by atoms with Gasteiger partial charge in [0.2, 0.25) is 0 Å². The van der Waals surface area contributed by atoms with Crippen molar-refractivity contribution in [3.63, 3.8) is 0 Å². The molecule has 0 aliphatic rings. The highest BCUT2D eigenvalue weighted by Gasteiger charge is 1.95. The molecule has 0 fully saturated rings. The lowest BCUT2D eigenvalue weighted by molar-refractivity contribution is 1.30. The molecule has 0 amide bonds. The van der Waals surface area contributed by atoms with E-state index in [2.05, 4.69) is 48.9 Å². The monoisotopic (exact) mass is 227 g/mol. The molecular formula is C14H13NS. The summed E-state index contributed by atoms with van der Waals surface area (Å²) in [5.41, 5.74) is 3.57. The minimum Gasteiger partial charge on any atom is -0.249 e. The first-order valence-corrected chi connectivity index (χ1v) is 5.98.